The van der Waals surface area contributed by atoms with Crippen LogP contribution in [0.2, 0.25) is 0 Å². The lowest BCUT2D eigenvalue weighted by atomic mass is 10.2. The highest BCUT2D eigenvalue weighted by molar-refractivity contribution is 9.09. The fraction of sp³-hybridized carbons (Fsp3) is 0.600. The standard InChI is InChI=1S/C10H15BrN2O2/c1-7(11)8-5-12-13(6-8)9(14)15-10(2,3)4/h5-7H,1-4H3. The van der Waals surface area contributed by atoms with Crippen LogP contribution in [0.4, 0.5) is 4.79 Å². The van der Waals surface area contributed by atoms with Crippen LogP contribution in [0.1, 0.15) is 38.1 Å². The Morgan fingerprint density at radius 1 is 1.60 bits per heavy atom. The van der Waals surface area contributed by atoms with Crippen LogP contribution in [-0.4, -0.2) is 21.5 Å². The molecular formula is C10H15BrN2O2. The lowest BCUT2D eigenvalue weighted by Crippen LogP contribution is -2.27. The molecule has 1 atom stereocenters. The van der Waals surface area contributed by atoms with Gasteiger partial charge in [-0.3, -0.25) is 0 Å². The number of ether oxygens (including phenoxy) is 1. The fourth-order valence-corrected chi connectivity index (χ4v) is 1.19. The lowest BCUT2D eigenvalue weighted by Gasteiger charge is -2.18. The van der Waals surface area contributed by atoms with E-state index in [-0.39, 0.29) is 4.83 Å². The zero-order valence-electron chi connectivity index (χ0n) is 9.32. The normalized spacial score (nSPS) is 13.7. The number of nitrogens with zero attached hydrogens (tertiary/aromatic N) is 2. The summed E-state index contributed by atoms with van der Waals surface area (Å²) in [6.45, 7) is 7.43. The van der Waals surface area contributed by atoms with Gasteiger partial charge in [0.25, 0.3) is 0 Å². The van der Waals surface area contributed by atoms with Gasteiger partial charge >= 0.3 is 6.09 Å². The van der Waals surface area contributed by atoms with Crippen molar-refractivity contribution in [1.29, 1.82) is 0 Å². The van der Waals surface area contributed by atoms with E-state index in [1.165, 1.54) is 4.68 Å². The largest absolute Gasteiger partial charge is 0.442 e. The van der Waals surface area contributed by atoms with Gasteiger partial charge in [-0.25, -0.2) is 4.79 Å². The number of hydrogen-bond donors (Lipinski definition) is 0. The molecule has 0 saturated carbocycles. The summed E-state index contributed by atoms with van der Waals surface area (Å²) in [5.74, 6) is 0. The van der Waals surface area contributed by atoms with Gasteiger partial charge in [-0.05, 0) is 27.7 Å². The number of halogens is 1. The summed E-state index contributed by atoms with van der Waals surface area (Å²) in [7, 11) is 0. The molecule has 0 spiro atoms. The average molecular weight is 275 g/mol. The minimum atomic E-state index is -0.497. The number of carbonyl (C=O) groups is 1. The Labute approximate surface area is 97.7 Å². The molecule has 0 aliphatic carbocycles. The molecule has 1 heterocycles. The lowest BCUT2D eigenvalue weighted by molar-refractivity contribution is 0.0514. The first-order chi connectivity index (χ1) is 6.79. The SMILES string of the molecule is CC(Br)c1cnn(C(=O)OC(C)(C)C)c1. The van der Waals surface area contributed by atoms with Gasteiger partial charge in [-0.15, -0.1) is 0 Å². The first-order valence-electron chi connectivity index (χ1n) is 4.71. The number of hydrogen-bond acceptors (Lipinski definition) is 3. The van der Waals surface area contributed by atoms with Crippen LogP contribution in [0.5, 0.6) is 0 Å². The van der Waals surface area contributed by atoms with Crippen LogP contribution in [0.25, 0.3) is 0 Å². The molecule has 0 aliphatic heterocycles. The van der Waals surface area contributed by atoms with E-state index in [0.717, 1.165) is 5.56 Å². The van der Waals surface area contributed by atoms with Crippen molar-refractivity contribution in [1.82, 2.24) is 9.78 Å². The van der Waals surface area contributed by atoms with Crippen molar-refractivity contribution in [2.45, 2.75) is 38.1 Å². The van der Waals surface area contributed by atoms with E-state index in [2.05, 4.69) is 21.0 Å². The van der Waals surface area contributed by atoms with E-state index < -0.39 is 11.7 Å². The maximum Gasteiger partial charge on any atom is 0.435 e. The van der Waals surface area contributed by atoms with Crippen molar-refractivity contribution >= 4 is 22.0 Å². The predicted octanol–water partition coefficient (Wildman–Crippen LogP) is 3.12. The van der Waals surface area contributed by atoms with Crippen LogP contribution >= 0.6 is 15.9 Å². The minimum Gasteiger partial charge on any atom is -0.442 e. The molecule has 0 aliphatic rings. The van der Waals surface area contributed by atoms with Gasteiger partial charge in [0.15, 0.2) is 0 Å². The number of aromatic nitrogens is 2. The van der Waals surface area contributed by atoms with Gasteiger partial charge in [0.05, 0.1) is 6.20 Å². The number of carbonyl (C=O) groups excluding carboxylic acids is 1. The highest BCUT2D eigenvalue weighted by atomic mass is 79.9. The highest BCUT2D eigenvalue weighted by Crippen LogP contribution is 2.20. The zero-order valence-corrected chi connectivity index (χ0v) is 10.9. The second kappa shape index (κ2) is 4.35. The number of rotatable bonds is 1. The second-order valence-electron chi connectivity index (χ2n) is 4.31. The van der Waals surface area contributed by atoms with Crippen LogP contribution in [-0.2, 0) is 4.74 Å². The summed E-state index contributed by atoms with van der Waals surface area (Å²) in [6.07, 6.45) is 2.85. The summed E-state index contributed by atoms with van der Waals surface area (Å²) in [5.41, 5.74) is 0.448. The average Bonchev–Trinajstić information content (AvgIpc) is 2.47. The van der Waals surface area contributed by atoms with E-state index in [1.807, 2.05) is 27.7 Å². The molecule has 1 unspecified atom stereocenters. The van der Waals surface area contributed by atoms with Gasteiger partial charge in [0, 0.05) is 16.6 Å². The molecule has 15 heavy (non-hydrogen) atoms. The highest BCUT2D eigenvalue weighted by Gasteiger charge is 2.18. The Morgan fingerprint density at radius 2 is 2.20 bits per heavy atom. The van der Waals surface area contributed by atoms with E-state index in [0.29, 0.717) is 0 Å². The van der Waals surface area contributed by atoms with Crippen molar-refractivity contribution in [3.63, 3.8) is 0 Å². The van der Waals surface area contributed by atoms with Crippen molar-refractivity contribution < 1.29 is 9.53 Å². The van der Waals surface area contributed by atoms with E-state index in [1.54, 1.807) is 12.4 Å². The summed E-state index contributed by atoms with van der Waals surface area (Å²) < 4.78 is 6.37. The predicted molar refractivity (Wildman–Crippen MR) is 61.2 cm³/mol. The van der Waals surface area contributed by atoms with Crippen LogP contribution in [0.15, 0.2) is 12.4 Å². The number of alkyl halides is 1. The maximum atomic E-state index is 11.6. The Kier molecular flexibility index (Phi) is 3.54. The van der Waals surface area contributed by atoms with Gasteiger partial charge in [0.1, 0.15) is 5.60 Å². The third-order valence-corrected chi connectivity index (χ3v) is 2.17. The molecule has 84 valence electrons. The van der Waals surface area contributed by atoms with Crippen LogP contribution in [0, 0.1) is 0 Å². The maximum absolute atomic E-state index is 11.6. The van der Waals surface area contributed by atoms with Crippen LogP contribution < -0.4 is 0 Å². The van der Waals surface area contributed by atoms with Gasteiger partial charge in [-0.1, -0.05) is 15.9 Å². The molecule has 0 aromatic carbocycles. The quantitative estimate of drug-likeness (QED) is 0.739. The summed E-state index contributed by atoms with van der Waals surface area (Å²) >= 11 is 3.40. The molecule has 0 fully saturated rings. The Balaban J connectivity index is 2.75. The molecule has 1 rings (SSSR count). The zero-order chi connectivity index (χ0) is 11.6. The van der Waals surface area contributed by atoms with E-state index in [9.17, 15) is 4.79 Å². The molecular weight excluding hydrogens is 260 g/mol. The van der Waals surface area contributed by atoms with Crippen molar-refractivity contribution in [2.24, 2.45) is 0 Å². The van der Waals surface area contributed by atoms with E-state index in [4.69, 9.17) is 4.74 Å². The van der Waals surface area contributed by atoms with Crippen molar-refractivity contribution in [3.05, 3.63) is 18.0 Å². The fourth-order valence-electron chi connectivity index (χ4n) is 0.951. The molecule has 1 aromatic rings. The van der Waals surface area contributed by atoms with Crippen LogP contribution in [0.3, 0.4) is 0 Å². The minimum absolute atomic E-state index is 0.175. The Hall–Kier alpha value is -0.840. The summed E-state index contributed by atoms with van der Waals surface area (Å²) in [4.78, 5) is 11.7. The smallest absolute Gasteiger partial charge is 0.435 e. The molecule has 0 bridgehead atoms. The third-order valence-electron chi connectivity index (χ3n) is 1.64. The Morgan fingerprint density at radius 3 is 2.60 bits per heavy atom. The first kappa shape index (κ1) is 12.2. The van der Waals surface area contributed by atoms with Gasteiger partial charge in [-0.2, -0.15) is 9.78 Å². The topological polar surface area (TPSA) is 44.1 Å². The third kappa shape index (κ3) is 3.66. The van der Waals surface area contributed by atoms with Crippen molar-refractivity contribution in [2.75, 3.05) is 0 Å². The summed E-state index contributed by atoms with van der Waals surface area (Å²) in [6, 6.07) is 0. The van der Waals surface area contributed by atoms with Gasteiger partial charge in [0.2, 0.25) is 0 Å². The van der Waals surface area contributed by atoms with Crippen molar-refractivity contribution in [3.8, 4) is 0 Å². The van der Waals surface area contributed by atoms with Gasteiger partial charge < -0.3 is 4.74 Å². The molecule has 0 amide bonds. The molecule has 0 N–H and O–H groups in total. The molecule has 0 saturated heterocycles. The molecule has 0 radical (unpaired) electrons. The second-order valence-corrected chi connectivity index (χ2v) is 5.69. The molecule has 4 nitrogen and oxygen atoms in total. The Bertz CT molecular complexity index is 353. The summed E-state index contributed by atoms with van der Waals surface area (Å²) in [5, 5.41) is 3.93. The first-order valence-corrected chi connectivity index (χ1v) is 5.63. The molecule has 5 heteroatoms. The molecule has 1 aromatic heterocycles. The van der Waals surface area contributed by atoms with E-state index >= 15 is 0 Å². The monoisotopic (exact) mass is 274 g/mol.